The zero-order valence-corrected chi connectivity index (χ0v) is 13.5. The topological polar surface area (TPSA) is 50.9 Å². The monoisotopic (exact) mass is 289 g/mol. The van der Waals surface area contributed by atoms with Crippen molar-refractivity contribution in [2.75, 3.05) is 5.32 Å². The first-order valence-electron chi connectivity index (χ1n) is 7.34. The molecule has 0 unspecified atom stereocenters. The van der Waals surface area contributed by atoms with E-state index < -0.39 is 0 Å². The predicted molar refractivity (Wildman–Crippen MR) is 87.1 cm³/mol. The molecule has 2 aliphatic rings. The highest BCUT2D eigenvalue weighted by molar-refractivity contribution is 7.80. The van der Waals surface area contributed by atoms with Crippen LogP contribution in [0.15, 0.2) is 6.07 Å². The maximum absolute atomic E-state index is 5.89. The largest absolute Gasteiger partial charge is 0.389 e. The Balaban J connectivity index is 1.96. The van der Waals surface area contributed by atoms with Crippen LogP contribution in [0.3, 0.4) is 0 Å². The van der Waals surface area contributed by atoms with E-state index in [0.717, 1.165) is 24.2 Å². The minimum atomic E-state index is 0.265. The number of thiocarbonyl (C=S) groups is 1. The predicted octanol–water partition coefficient (Wildman–Crippen LogP) is 3.05. The van der Waals surface area contributed by atoms with Crippen LogP contribution in [0.4, 0.5) is 5.82 Å². The lowest BCUT2D eigenvalue weighted by molar-refractivity contribution is 0.457. The second-order valence-corrected chi connectivity index (χ2v) is 7.67. The van der Waals surface area contributed by atoms with Crippen LogP contribution in [-0.2, 0) is 12.8 Å². The van der Waals surface area contributed by atoms with Gasteiger partial charge in [-0.3, -0.25) is 0 Å². The van der Waals surface area contributed by atoms with Crippen LogP contribution in [0.5, 0.6) is 0 Å². The van der Waals surface area contributed by atoms with E-state index in [9.17, 15) is 0 Å². The van der Waals surface area contributed by atoms with E-state index in [0.29, 0.717) is 11.0 Å². The van der Waals surface area contributed by atoms with Crippen LogP contribution in [0.25, 0.3) is 0 Å². The number of aryl methyl sites for hydroxylation is 2. The fourth-order valence-corrected chi connectivity index (χ4v) is 3.62. The summed E-state index contributed by atoms with van der Waals surface area (Å²) in [5.41, 5.74) is 9.85. The summed E-state index contributed by atoms with van der Waals surface area (Å²) in [5, 5.41) is 3.60. The molecule has 0 spiro atoms. The summed E-state index contributed by atoms with van der Waals surface area (Å²) in [5.74, 6) is 0.877. The lowest BCUT2D eigenvalue weighted by atomic mass is 10.0. The van der Waals surface area contributed by atoms with Crippen LogP contribution in [0.2, 0.25) is 0 Å². The molecule has 3 rings (SSSR count). The summed E-state index contributed by atoms with van der Waals surface area (Å²) < 4.78 is 0. The van der Waals surface area contributed by atoms with E-state index in [4.69, 9.17) is 22.9 Å². The van der Waals surface area contributed by atoms with Gasteiger partial charge in [-0.15, -0.1) is 0 Å². The first-order valence-corrected chi connectivity index (χ1v) is 7.75. The Hall–Kier alpha value is -1.16. The van der Waals surface area contributed by atoms with Gasteiger partial charge in [0.05, 0.1) is 5.56 Å². The van der Waals surface area contributed by atoms with Gasteiger partial charge in [0.15, 0.2) is 0 Å². The summed E-state index contributed by atoms with van der Waals surface area (Å²) in [6.07, 6.45) is 3.35. The average Bonchev–Trinajstić information content (AvgIpc) is 2.73. The third-order valence-electron chi connectivity index (χ3n) is 5.62. The molecule has 3 nitrogen and oxygen atoms in total. The van der Waals surface area contributed by atoms with Gasteiger partial charge in [0.25, 0.3) is 0 Å². The van der Waals surface area contributed by atoms with Gasteiger partial charge in [0.2, 0.25) is 0 Å². The smallest absolute Gasteiger partial charge is 0.136 e. The van der Waals surface area contributed by atoms with Gasteiger partial charge in [-0.05, 0) is 41.7 Å². The van der Waals surface area contributed by atoms with Gasteiger partial charge in [0.1, 0.15) is 10.8 Å². The van der Waals surface area contributed by atoms with Crippen LogP contribution in [-0.4, -0.2) is 16.0 Å². The number of anilines is 1. The normalized spacial score (nSPS) is 22.4. The van der Waals surface area contributed by atoms with Crippen LogP contribution >= 0.6 is 12.2 Å². The average molecular weight is 289 g/mol. The molecule has 1 saturated carbocycles. The Morgan fingerprint density at radius 3 is 2.50 bits per heavy atom. The Kier molecular flexibility index (Phi) is 2.88. The minimum Gasteiger partial charge on any atom is -0.389 e. The van der Waals surface area contributed by atoms with Gasteiger partial charge < -0.3 is 11.1 Å². The van der Waals surface area contributed by atoms with Gasteiger partial charge in [-0.1, -0.05) is 39.9 Å². The molecule has 1 heterocycles. The Bertz CT molecular complexity index is 576. The van der Waals surface area contributed by atoms with Crippen molar-refractivity contribution in [2.45, 2.75) is 53.0 Å². The van der Waals surface area contributed by atoms with Crippen LogP contribution < -0.4 is 11.1 Å². The highest BCUT2D eigenvalue weighted by Gasteiger charge is 2.65. The van der Waals surface area contributed by atoms with E-state index in [1.165, 1.54) is 17.7 Å². The number of fused-ring (bicyclic) bond motifs is 1. The second kappa shape index (κ2) is 4.17. The summed E-state index contributed by atoms with van der Waals surface area (Å²) in [7, 11) is 0. The molecule has 0 atom stereocenters. The summed E-state index contributed by atoms with van der Waals surface area (Å²) in [6.45, 7) is 9.16. The molecule has 0 aliphatic heterocycles. The van der Waals surface area contributed by atoms with E-state index in [1.807, 2.05) is 0 Å². The standard InChI is InChI=1S/C16H23N3S/c1-15(2)14(16(15,3)4)19-13-10(12(17)20)8-9-6-5-7-11(9)18-13/h8,14H,5-7H2,1-4H3,(H2,17,20)(H,18,19). The van der Waals surface area contributed by atoms with Gasteiger partial charge in [-0.2, -0.15) is 0 Å². The van der Waals surface area contributed by atoms with Gasteiger partial charge in [-0.25, -0.2) is 4.98 Å². The zero-order valence-electron chi connectivity index (χ0n) is 12.7. The lowest BCUT2D eigenvalue weighted by Crippen LogP contribution is -2.19. The summed E-state index contributed by atoms with van der Waals surface area (Å²) >= 11 is 5.21. The molecular formula is C16H23N3S. The highest BCUT2D eigenvalue weighted by atomic mass is 32.1. The van der Waals surface area contributed by atoms with Crippen molar-refractivity contribution in [3.8, 4) is 0 Å². The van der Waals surface area contributed by atoms with Gasteiger partial charge in [0, 0.05) is 11.7 Å². The molecule has 0 aromatic carbocycles. The first-order chi connectivity index (χ1) is 9.25. The highest BCUT2D eigenvalue weighted by Crippen LogP contribution is 2.63. The van der Waals surface area contributed by atoms with Crippen molar-refractivity contribution in [3.63, 3.8) is 0 Å². The van der Waals surface area contributed by atoms with Crippen LogP contribution in [0, 0.1) is 10.8 Å². The second-order valence-electron chi connectivity index (χ2n) is 7.23. The lowest BCUT2D eigenvalue weighted by Gasteiger charge is -2.14. The SMILES string of the molecule is CC1(C)C(Nc2nc3c(cc2C(N)=S)CCC3)C1(C)C. The molecule has 0 amide bonds. The molecule has 0 saturated heterocycles. The molecule has 1 aromatic rings. The Morgan fingerprint density at radius 1 is 1.30 bits per heavy atom. The third-order valence-corrected chi connectivity index (χ3v) is 5.84. The summed E-state index contributed by atoms with van der Waals surface area (Å²) in [4.78, 5) is 5.24. The number of nitrogens with one attached hydrogen (secondary N) is 1. The maximum atomic E-state index is 5.89. The number of hydrogen-bond donors (Lipinski definition) is 2. The van der Waals surface area contributed by atoms with Gasteiger partial charge >= 0.3 is 0 Å². The number of hydrogen-bond acceptors (Lipinski definition) is 3. The molecule has 1 aromatic heterocycles. The molecule has 20 heavy (non-hydrogen) atoms. The van der Waals surface area contributed by atoms with E-state index >= 15 is 0 Å². The quantitative estimate of drug-likeness (QED) is 0.840. The number of pyridine rings is 1. The Morgan fingerprint density at radius 2 is 1.95 bits per heavy atom. The maximum Gasteiger partial charge on any atom is 0.136 e. The first kappa shape index (κ1) is 13.8. The van der Waals surface area contributed by atoms with Crippen molar-refractivity contribution in [1.82, 2.24) is 4.98 Å². The molecule has 4 heteroatoms. The fourth-order valence-electron chi connectivity index (χ4n) is 3.46. The van der Waals surface area contributed by atoms with Crippen molar-refractivity contribution >= 4 is 23.0 Å². The van der Waals surface area contributed by atoms with E-state index in [1.54, 1.807) is 0 Å². The van der Waals surface area contributed by atoms with Crippen molar-refractivity contribution in [3.05, 3.63) is 22.9 Å². The molecular weight excluding hydrogens is 266 g/mol. The molecule has 0 radical (unpaired) electrons. The minimum absolute atomic E-state index is 0.265. The summed E-state index contributed by atoms with van der Waals surface area (Å²) in [6, 6.07) is 2.55. The number of aromatic nitrogens is 1. The van der Waals surface area contributed by atoms with Crippen molar-refractivity contribution in [2.24, 2.45) is 16.6 Å². The number of nitrogens with two attached hydrogens (primary N) is 1. The zero-order chi connectivity index (χ0) is 14.7. The third kappa shape index (κ3) is 1.85. The molecule has 3 N–H and O–H groups in total. The van der Waals surface area contributed by atoms with Crippen molar-refractivity contribution < 1.29 is 0 Å². The van der Waals surface area contributed by atoms with Crippen LogP contribution in [0.1, 0.15) is 50.9 Å². The van der Waals surface area contributed by atoms with E-state index in [-0.39, 0.29) is 10.8 Å². The fraction of sp³-hybridized carbons (Fsp3) is 0.625. The molecule has 0 bridgehead atoms. The molecule has 1 fully saturated rings. The number of rotatable bonds is 3. The molecule has 108 valence electrons. The number of nitrogens with zero attached hydrogens (tertiary/aromatic N) is 1. The Labute approximate surface area is 126 Å². The molecule has 2 aliphatic carbocycles. The van der Waals surface area contributed by atoms with E-state index in [2.05, 4.69) is 39.1 Å². The van der Waals surface area contributed by atoms with Crippen molar-refractivity contribution in [1.29, 1.82) is 0 Å².